The van der Waals surface area contributed by atoms with Crippen LogP contribution < -0.4 is 0 Å². The fourth-order valence-corrected chi connectivity index (χ4v) is 2.60. The molecule has 2 rings (SSSR count). The van der Waals surface area contributed by atoms with E-state index in [-0.39, 0.29) is 12.0 Å². The summed E-state index contributed by atoms with van der Waals surface area (Å²) in [5.41, 5.74) is 0.657. The van der Waals surface area contributed by atoms with E-state index in [1.165, 1.54) is 0 Å². The number of carbonyl (C=O) groups excluding carboxylic acids is 1. The summed E-state index contributed by atoms with van der Waals surface area (Å²) in [4.78, 5) is 13.8. The topological polar surface area (TPSA) is 29.5 Å². The number of nitrogens with zero attached hydrogens (tertiary/aromatic N) is 1. The van der Waals surface area contributed by atoms with Gasteiger partial charge in [0, 0.05) is 19.0 Å². The fraction of sp³-hybridized carbons (Fsp3) is 0.533. The van der Waals surface area contributed by atoms with Gasteiger partial charge >= 0.3 is 6.09 Å². The van der Waals surface area contributed by atoms with Crippen molar-refractivity contribution in [1.82, 2.24) is 4.90 Å². The Balaban J connectivity index is 2.01. The number of rotatable bonds is 1. The second kappa shape index (κ2) is 5.82. The second-order valence-corrected chi connectivity index (χ2v) is 6.90. The first-order valence-electron chi connectivity index (χ1n) is 6.69. The molecular formula is C15H19Cl2NO2. The molecular weight excluding hydrogens is 297 g/mol. The molecule has 110 valence electrons. The molecule has 1 unspecified atom stereocenters. The van der Waals surface area contributed by atoms with E-state index >= 15 is 0 Å². The molecule has 1 atom stereocenters. The number of ether oxygens (including phenoxy) is 1. The first-order chi connectivity index (χ1) is 9.26. The predicted molar refractivity (Wildman–Crippen MR) is 81.6 cm³/mol. The Morgan fingerprint density at radius 1 is 1.30 bits per heavy atom. The van der Waals surface area contributed by atoms with Gasteiger partial charge in [-0.25, -0.2) is 4.79 Å². The van der Waals surface area contributed by atoms with Gasteiger partial charge in [0.15, 0.2) is 0 Å². The van der Waals surface area contributed by atoms with Crippen molar-refractivity contribution < 1.29 is 9.53 Å². The summed E-state index contributed by atoms with van der Waals surface area (Å²) in [6, 6.07) is 5.65. The van der Waals surface area contributed by atoms with Crippen LogP contribution in [0.2, 0.25) is 10.0 Å². The third-order valence-corrected chi connectivity index (χ3v) is 3.99. The molecule has 0 aliphatic carbocycles. The van der Waals surface area contributed by atoms with Crippen molar-refractivity contribution in [3.8, 4) is 0 Å². The summed E-state index contributed by atoms with van der Waals surface area (Å²) in [6.07, 6.45) is 0.664. The molecule has 1 aromatic carbocycles. The first-order valence-corrected chi connectivity index (χ1v) is 7.45. The molecule has 0 saturated carbocycles. The molecule has 1 fully saturated rings. The Morgan fingerprint density at radius 2 is 2.00 bits per heavy atom. The molecule has 1 aromatic rings. The summed E-state index contributed by atoms with van der Waals surface area (Å²) in [5.74, 6) is 0.289. The summed E-state index contributed by atoms with van der Waals surface area (Å²) < 4.78 is 5.39. The molecule has 5 heteroatoms. The lowest BCUT2D eigenvalue weighted by molar-refractivity contribution is 0.0292. The average Bonchev–Trinajstić information content (AvgIpc) is 2.80. The summed E-state index contributed by atoms with van der Waals surface area (Å²) in [5, 5.41) is 1.11. The number of amides is 1. The lowest BCUT2D eigenvalue weighted by Crippen LogP contribution is -2.35. The maximum atomic E-state index is 12.0. The highest BCUT2D eigenvalue weighted by atomic mass is 35.5. The molecule has 0 radical (unpaired) electrons. The van der Waals surface area contributed by atoms with E-state index in [4.69, 9.17) is 27.9 Å². The molecule has 0 spiro atoms. The van der Waals surface area contributed by atoms with E-state index in [1.807, 2.05) is 32.9 Å². The second-order valence-electron chi connectivity index (χ2n) is 6.09. The third-order valence-electron chi connectivity index (χ3n) is 3.26. The van der Waals surface area contributed by atoms with E-state index in [0.717, 1.165) is 12.0 Å². The maximum absolute atomic E-state index is 12.0. The van der Waals surface area contributed by atoms with Crippen LogP contribution in [0.4, 0.5) is 4.79 Å². The zero-order chi connectivity index (χ0) is 14.9. The minimum Gasteiger partial charge on any atom is -0.444 e. The van der Waals surface area contributed by atoms with Gasteiger partial charge in [-0.2, -0.15) is 0 Å². The maximum Gasteiger partial charge on any atom is 0.410 e. The molecule has 1 aliphatic heterocycles. The van der Waals surface area contributed by atoms with Gasteiger partial charge in [-0.15, -0.1) is 0 Å². The quantitative estimate of drug-likeness (QED) is 0.750. The Labute approximate surface area is 129 Å². The monoisotopic (exact) mass is 315 g/mol. The molecule has 3 nitrogen and oxygen atoms in total. The van der Waals surface area contributed by atoms with Crippen LogP contribution in [0.15, 0.2) is 18.2 Å². The fourth-order valence-electron chi connectivity index (χ4n) is 2.29. The van der Waals surface area contributed by atoms with E-state index in [0.29, 0.717) is 23.1 Å². The van der Waals surface area contributed by atoms with Crippen LogP contribution >= 0.6 is 23.2 Å². The van der Waals surface area contributed by atoms with Crippen LogP contribution in [0.25, 0.3) is 0 Å². The van der Waals surface area contributed by atoms with Crippen molar-refractivity contribution in [1.29, 1.82) is 0 Å². The summed E-state index contributed by atoms with van der Waals surface area (Å²) >= 11 is 12.0. The molecule has 0 bridgehead atoms. The van der Waals surface area contributed by atoms with Gasteiger partial charge in [0.25, 0.3) is 0 Å². The van der Waals surface area contributed by atoms with Gasteiger partial charge in [0.05, 0.1) is 10.0 Å². The molecule has 20 heavy (non-hydrogen) atoms. The number of hydrogen-bond acceptors (Lipinski definition) is 2. The lowest BCUT2D eigenvalue weighted by atomic mass is 9.99. The van der Waals surface area contributed by atoms with Crippen LogP contribution in [-0.2, 0) is 4.74 Å². The van der Waals surface area contributed by atoms with Crippen LogP contribution in [0.5, 0.6) is 0 Å². The van der Waals surface area contributed by atoms with Crippen molar-refractivity contribution >= 4 is 29.3 Å². The van der Waals surface area contributed by atoms with E-state index in [2.05, 4.69) is 0 Å². The zero-order valence-corrected chi connectivity index (χ0v) is 13.5. The van der Waals surface area contributed by atoms with Gasteiger partial charge in [0.2, 0.25) is 0 Å². The van der Waals surface area contributed by atoms with Gasteiger partial charge in [0.1, 0.15) is 5.60 Å². The standard InChI is InChI=1S/C15H19Cl2NO2/c1-15(2,3)20-14(19)18-7-6-11(9-18)10-4-5-12(16)13(17)8-10/h4-5,8,11H,6-7,9H2,1-3H3. The van der Waals surface area contributed by atoms with Gasteiger partial charge in [-0.3, -0.25) is 0 Å². The van der Waals surface area contributed by atoms with Crippen LogP contribution in [-0.4, -0.2) is 29.7 Å². The molecule has 0 N–H and O–H groups in total. The molecule has 1 aliphatic rings. The normalized spacial score (nSPS) is 19.2. The Hall–Kier alpha value is -0.930. The number of hydrogen-bond donors (Lipinski definition) is 0. The molecule has 0 aromatic heterocycles. The Bertz CT molecular complexity index is 511. The van der Waals surface area contributed by atoms with E-state index in [9.17, 15) is 4.79 Å². The highest BCUT2D eigenvalue weighted by Gasteiger charge is 2.30. The Kier molecular flexibility index (Phi) is 4.50. The van der Waals surface area contributed by atoms with Crippen molar-refractivity contribution in [2.75, 3.05) is 13.1 Å². The first kappa shape index (κ1) is 15.5. The van der Waals surface area contributed by atoms with Crippen molar-refractivity contribution in [2.45, 2.75) is 38.7 Å². The lowest BCUT2D eigenvalue weighted by Gasteiger charge is -2.24. The van der Waals surface area contributed by atoms with Gasteiger partial charge in [-0.1, -0.05) is 29.3 Å². The SMILES string of the molecule is CC(C)(C)OC(=O)N1CCC(c2ccc(Cl)c(Cl)c2)C1. The number of halogens is 2. The summed E-state index contributed by atoms with van der Waals surface area (Å²) in [6.45, 7) is 6.99. The minimum atomic E-state index is -0.460. The van der Waals surface area contributed by atoms with Gasteiger partial charge < -0.3 is 9.64 Å². The van der Waals surface area contributed by atoms with Crippen LogP contribution in [0.3, 0.4) is 0 Å². The van der Waals surface area contributed by atoms with Gasteiger partial charge in [-0.05, 0) is 44.9 Å². The van der Waals surface area contributed by atoms with Crippen molar-refractivity contribution in [3.63, 3.8) is 0 Å². The smallest absolute Gasteiger partial charge is 0.410 e. The minimum absolute atomic E-state index is 0.250. The Morgan fingerprint density at radius 3 is 2.60 bits per heavy atom. The number of likely N-dealkylation sites (tertiary alicyclic amines) is 1. The zero-order valence-electron chi connectivity index (χ0n) is 12.0. The van der Waals surface area contributed by atoms with Crippen LogP contribution in [0.1, 0.15) is 38.7 Å². The highest BCUT2D eigenvalue weighted by molar-refractivity contribution is 6.42. The molecule has 1 heterocycles. The van der Waals surface area contributed by atoms with E-state index in [1.54, 1.807) is 11.0 Å². The largest absolute Gasteiger partial charge is 0.444 e. The third kappa shape index (κ3) is 3.80. The van der Waals surface area contributed by atoms with Crippen LogP contribution in [0, 0.1) is 0 Å². The molecule has 1 saturated heterocycles. The predicted octanol–water partition coefficient (Wildman–Crippen LogP) is 4.72. The van der Waals surface area contributed by atoms with Crippen molar-refractivity contribution in [2.24, 2.45) is 0 Å². The molecule has 1 amide bonds. The summed E-state index contributed by atoms with van der Waals surface area (Å²) in [7, 11) is 0. The average molecular weight is 316 g/mol. The number of benzene rings is 1. The highest BCUT2D eigenvalue weighted by Crippen LogP contribution is 2.32. The number of carbonyl (C=O) groups is 1. The van der Waals surface area contributed by atoms with Crippen molar-refractivity contribution in [3.05, 3.63) is 33.8 Å². The van der Waals surface area contributed by atoms with E-state index < -0.39 is 5.60 Å².